The predicted molar refractivity (Wildman–Crippen MR) is 73.4 cm³/mol. The van der Waals surface area contributed by atoms with Crippen molar-refractivity contribution < 1.29 is 0 Å². The molecule has 18 heavy (non-hydrogen) atoms. The topological polar surface area (TPSA) is 37.0 Å². The van der Waals surface area contributed by atoms with Crippen molar-refractivity contribution in [2.45, 2.75) is 56.7 Å². The van der Waals surface area contributed by atoms with Crippen molar-refractivity contribution in [3.63, 3.8) is 0 Å². The van der Waals surface area contributed by atoms with Gasteiger partial charge in [0.25, 0.3) is 0 Å². The average molecular weight is 245 g/mol. The van der Waals surface area contributed by atoms with Gasteiger partial charge in [0.05, 0.1) is 5.69 Å². The molecule has 1 aromatic heterocycles. The third kappa shape index (κ3) is 2.73. The Morgan fingerprint density at radius 2 is 1.94 bits per heavy atom. The van der Waals surface area contributed by atoms with Crippen LogP contribution in [-0.2, 0) is 0 Å². The first-order valence-electron chi connectivity index (χ1n) is 7.34. The Kier molecular flexibility index (Phi) is 3.91. The highest BCUT2D eigenvalue weighted by atomic mass is 15.1. The van der Waals surface area contributed by atoms with Gasteiger partial charge >= 0.3 is 0 Å². The molecule has 3 heterocycles. The normalized spacial score (nSPS) is 33.2. The summed E-state index contributed by atoms with van der Waals surface area (Å²) in [7, 11) is 0. The number of pyridine rings is 1. The molecular weight excluding hydrogens is 222 g/mol. The summed E-state index contributed by atoms with van der Waals surface area (Å²) in [6, 6.07) is 7.98. The highest BCUT2D eigenvalue weighted by Gasteiger charge is 2.29. The summed E-state index contributed by atoms with van der Waals surface area (Å²) in [5.74, 6) is 0. The van der Waals surface area contributed by atoms with Crippen molar-refractivity contribution in [2.24, 2.45) is 0 Å². The molecule has 0 radical (unpaired) electrons. The van der Waals surface area contributed by atoms with E-state index in [4.69, 9.17) is 0 Å². The van der Waals surface area contributed by atoms with Gasteiger partial charge in [0, 0.05) is 24.3 Å². The quantitative estimate of drug-likeness (QED) is 0.840. The SMILES string of the molecule is c1ccc(C2CCCC(C3CCCCN3)N2)nc1. The van der Waals surface area contributed by atoms with Crippen LogP contribution in [-0.4, -0.2) is 23.6 Å². The lowest BCUT2D eigenvalue weighted by atomic mass is 9.88. The third-order valence-corrected chi connectivity index (χ3v) is 4.30. The monoisotopic (exact) mass is 245 g/mol. The molecule has 3 unspecified atom stereocenters. The maximum atomic E-state index is 4.50. The lowest BCUT2D eigenvalue weighted by molar-refractivity contribution is 0.235. The van der Waals surface area contributed by atoms with Crippen molar-refractivity contribution >= 4 is 0 Å². The van der Waals surface area contributed by atoms with Gasteiger partial charge in [-0.3, -0.25) is 4.98 Å². The van der Waals surface area contributed by atoms with Crippen LogP contribution in [0.1, 0.15) is 50.3 Å². The number of piperidine rings is 2. The van der Waals surface area contributed by atoms with Crippen LogP contribution in [0.5, 0.6) is 0 Å². The van der Waals surface area contributed by atoms with Gasteiger partial charge in [-0.1, -0.05) is 12.5 Å². The van der Waals surface area contributed by atoms with Gasteiger partial charge in [0.15, 0.2) is 0 Å². The maximum absolute atomic E-state index is 4.50. The van der Waals surface area contributed by atoms with Gasteiger partial charge in [0.1, 0.15) is 0 Å². The zero-order chi connectivity index (χ0) is 12.2. The van der Waals surface area contributed by atoms with Gasteiger partial charge in [0.2, 0.25) is 0 Å². The molecule has 98 valence electrons. The first-order valence-corrected chi connectivity index (χ1v) is 7.34. The van der Waals surface area contributed by atoms with Crippen molar-refractivity contribution in [3.05, 3.63) is 30.1 Å². The number of aromatic nitrogens is 1. The van der Waals surface area contributed by atoms with Crippen LogP contribution in [0.4, 0.5) is 0 Å². The molecule has 0 spiro atoms. The standard InChI is InChI=1S/C15H23N3/c1-3-10-16-12(6-1)14-8-5-9-15(18-14)13-7-2-4-11-17-13/h1,3,6,10,13-15,17-18H,2,4-5,7-9,11H2. The zero-order valence-corrected chi connectivity index (χ0v) is 10.9. The van der Waals surface area contributed by atoms with Crippen molar-refractivity contribution in [1.29, 1.82) is 0 Å². The van der Waals surface area contributed by atoms with E-state index in [1.54, 1.807) is 0 Å². The van der Waals surface area contributed by atoms with Crippen LogP contribution >= 0.6 is 0 Å². The van der Waals surface area contributed by atoms with Crippen LogP contribution in [0.25, 0.3) is 0 Å². The summed E-state index contributed by atoms with van der Waals surface area (Å²) < 4.78 is 0. The molecule has 1 aromatic rings. The molecular formula is C15H23N3. The number of nitrogens with zero attached hydrogens (tertiary/aromatic N) is 1. The summed E-state index contributed by atoms with van der Waals surface area (Å²) in [6.07, 6.45) is 9.79. The molecule has 2 aliphatic heterocycles. The largest absolute Gasteiger partial charge is 0.312 e. The van der Waals surface area contributed by atoms with Gasteiger partial charge in [-0.2, -0.15) is 0 Å². The Morgan fingerprint density at radius 1 is 1.00 bits per heavy atom. The summed E-state index contributed by atoms with van der Waals surface area (Å²) in [4.78, 5) is 4.50. The minimum absolute atomic E-state index is 0.452. The van der Waals surface area contributed by atoms with E-state index in [9.17, 15) is 0 Å². The van der Waals surface area contributed by atoms with E-state index >= 15 is 0 Å². The second kappa shape index (κ2) is 5.81. The highest BCUT2D eigenvalue weighted by molar-refractivity contribution is 5.10. The minimum Gasteiger partial charge on any atom is -0.312 e. The van der Waals surface area contributed by atoms with Gasteiger partial charge in [-0.25, -0.2) is 0 Å². The lowest BCUT2D eigenvalue weighted by Gasteiger charge is -2.38. The molecule has 2 aliphatic rings. The number of nitrogens with one attached hydrogen (secondary N) is 2. The molecule has 3 rings (SSSR count). The molecule has 0 amide bonds. The smallest absolute Gasteiger partial charge is 0.0573 e. The second-order valence-corrected chi connectivity index (χ2v) is 5.57. The van der Waals surface area contributed by atoms with E-state index in [0.29, 0.717) is 18.1 Å². The summed E-state index contributed by atoms with van der Waals surface area (Å²) in [6.45, 7) is 1.19. The molecule has 2 N–H and O–H groups in total. The molecule has 3 nitrogen and oxygen atoms in total. The number of rotatable bonds is 2. The Morgan fingerprint density at radius 3 is 2.72 bits per heavy atom. The maximum Gasteiger partial charge on any atom is 0.0573 e. The van der Waals surface area contributed by atoms with E-state index < -0.39 is 0 Å². The van der Waals surface area contributed by atoms with Gasteiger partial charge in [-0.05, 0) is 50.8 Å². The molecule has 3 atom stereocenters. The Hall–Kier alpha value is -0.930. The minimum atomic E-state index is 0.452. The molecule has 2 fully saturated rings. The van der Waals surface area contributed by atoms with Crippen molar-refractivity contribution in [2.75, 3.05) is 6.54 Å². The predicted octanol–water partition coefficient (Wildman–Crippen LogP) is 2.41. The van der Waals surface area contributed by atoms with E-state index in [1.807, 2.05) is 12.3 Å². The Bertz CT molecular complexity index is 359. The highest BCUT2D eigenvalue weighted by Crippen LogP contribution is 2.27. The summed E-state index contributed by atoms with van der Waals surface area (Å²) >= 11 is 0. The van der Waals surface area contributed by atoms with Crippen LogP contribution in [0.3, 0.4) is 0 Å². The van der Waals surface area contributed by atoms with Crippen molar-refractivity contribution in [3.8, 4) is 0 Å². The molecule has 0 aromatic carbocycles. The van der Waals surface area contributed by atoms with E-state index in [2.05, 4.69) is 27.8 Å². The summed E-state index contributed by atoms with van der Waals surface area (Å²) in [5, 5.41) is 7.49. The molecule has 0 saturated carbocycles. The Balaban J connectivity index is 1.64. The van der Waals surface area contributed by atoms with E-state index in [1.165, 1.54) is 50.8 Å². The van der Waals surface area contributed by atoms with E-state index in [-0.39, 0.29) is 0 Å². The lowest BCUT2D eigenvalue weighted by Crippen LogP contribution is -2.52. The zero-order valence-electron chi connectivity index (χ0n) is 10.9. The van der Waals surface area contributed by atoms with Crippen LogP contribution < -0.4 is 10.6 Å². The molecule has 0 aliphatic carbocycles. The van der Waals surface area contributed by atoms with Gasteiger partial charge < -0.3 is 10.6 Å². The third-order valence-electron chi connectivity index (χ3n) is 4.30. The fourth-order valence-electron chi connectivity index (χ4n) is 3.32. The molecule has 0 bridgehead atoms. The fourth-order valence-corrected chi connectivity index (χ4v) is 3.32. The molecule has 3 heteroatoms. The van der Waals surface area contributed by atoms with Crippen LogP contribution in [0.15, 0.2) is 24.4 Å². The number of hydrogen-bond acceptors (Lipinski definition) is 3. The average Bonchev–Trinajstić information content (AvgIpc) is 2.49. The van der Waals surface area contributed by atoms with E-state index in [0.717, 1.165) is 0 Å². The first-order chi connectivity index (χ1) is 8.93. The number of hydrogen-bond donors (Lipinski definition) is 2. The first kappa shape index (κ1) is 12.1. The van der Waals surface area contributed by atoms with Crippen molar-refractivity contribution in [1.82, 2.24) is 15.6 Å². The second-order valence-electron chi connectivity index (χ2n) is 5.57. The summed E-state index contributed by atoms with van der Waals surface area (Å²) in [5.41, 5.74) is 1.21. The van der Waals surface area contributed by atoms with Crippen LogP contribution in [0.2, 0.25) is 0 Å². The Labute approximate surface area is 109 Å². The molecule has 2 saturated heterocycles. The van der Waals surface area contributed by atoms with Crippen LogP contribution in [0, 0.1) is 0 Å². The van der Waals surface area contributed by atoms with Gasteiger partial charge in [-0.15, -0.1) is 0 Å². The fraction of sp³-hybridized carbons (Fsp3) is 0.667.